The van der Waals surface area contributed by atoms with E-state index >= 15 is 0 Å². The molecular weight excluding hydrogens is 309 g/mol. The minimum absolute atomic E-state index is 0. The molecule has 0 aromatic rings. The van der Waals surface area contributed by atoms with E-state index in [4.69, 9.17) is 0 Å². The topological polar surface area (TPSA) is 53.2 Å². The monoisotopic (exact) mass is 316 g/mol. The molecule has 0 saturated heterocycles. The van der Waals surface area contributed by atoms with Crippen LogP contribution in [0.2, 0.25) is 0 Å². The van der Waals surface area contributed by atoms with Gasteiger partial charge in [-0.25, -0.2) is 0 Å². The van der Waals surface area contributed by atoms with Gasteiger partial charge in [-0.2, -0.15) is 0 Å². The van der Waals surface area contributed by atoms with Gasteiger partial charge < -0.3 is 14.7 Å². The summed E-state index contributed by atoms with van der Waals surface area (Å²) in [5.41, 5.74) is 0.931. The van der Waals surface area contributed by atoms with E-state index in [9.17, 15) is 9.59 Å². The molecule has 0 saturated carbocycles. The van der Waals surface area contributed by atoms with Crippen LogP contribution in [0.5, 0.6) is 0 Å². The molecule has 0 fully saturated rings. The molecule has 0 spiro atoms. The average molecular weight is 316 g/mol. The Kier molecular flexibility index (Phi) is 4.23. The Morgan fingerprint density at radius 1 is 1.53 bits per heavy atom. The Hall–Kier alpha value is -0.0361. The average Bonchev–Trinajstić information content (AvgIpc) is 2.65. The number of hydrogen-bond acceptors (Lipinski definition) is 4. The van der Waals surface area contributed by atoms with Crippen LogP contribution in [0.15, 0.2) is 10.2 Å². The van der Waals surface area contributed by atoms with Crippen LogP contribution in [0.4, 0.5) is 5.69 Å². The minimum Gasteiger partial charge on any atom is -0.621 e. The van der Waals surface area contributed by atoms with Crippen LogP contribution >= 0.6 is 20.7 Å². The number of carbonyl (C=O) groups excluding carboxylic acids is 1. The molecule has 2 heterocycles. The predicted octanol–water partition coefficient (Wildman–Crippen LogP) is 2.16. The summed E-state index contributed by atoms with van der Waals surface area (Å²) in [6.45, 7) is 1.34. The molecule has 7 heteroatoms. The van der Waals surface area contributed by atoms with Crippen LogP contribution < -0.4 is 5.56 Å². The zero-order valence-electron chi connectivity index (χ0n) is 8.18. The fourth-order valence-corrected chi connectivity index (χ4v) is 3.51. The molecule has 77 valence electrons. The summed E-state index contributed by atoms with van der Waals surface area (Å²) in [7, 11) is 4.68. The van der Waals surface area contributed by atoms with E-state index in [0.29, 0.717) is 0 Å². The summed E-state index contributed by atoms with van der Waals surface area (Å²) >= 11 is 0. The fraction of sp³-hybridized carbons (Fsp3) is 0.250. The Morgan fingerprint density at radius 3 is 2.80 bits per heavy atom. The molecule has 15 heavy (non-hydrogen) atoms. The quantitative estimate of drug-likeness (QED) is 0.757. The van der Waals surface area contributed by atoms with Crippen LogP contribution in [0, 0.1) is 0 Å². The predicted molar refractivity (Wildman–Crippen MR) is 57.8 cm³/mol. The zero-order chi connectivity index (χ0) is 10.3. The number of hydrogen-bond donors (Lipinski definition) is 0. The Labute approximate surface area is 119 Å². The first-order chi connectivity index (χ1) is 6.61. The van der Waals surface area contributed by atoms with E-state index in [1.807, 2.05) is 5.38 Å². The Bertz CT molecular complexity index is 513. The third-order valence-corrected chi connectivity index (χ3v) is 3.94. The zero-order valence-corrected chi connectivity index (χ0v) is 12.7. The van der Waals surface area contributed by atoms with Gasteiger partial charge in [0.05, 0.1) is 16.5 Å². The van der Waals surface area contributed by atoms with Crippen LogP contribution in [-0.2, 0) is 44.6 Å². The van der Waals surface area contributed by atoms with Gasteiger partial charge in [0.2, 0.25) is 5.56 Å². The van der Waals surface area contributed by atoms with Crippen molar-refractivity contribution in [3.05, 3.63) is 21.1 Å². The number of fused-ring (bicyclic) bond motifs is 1. The first-order valence-electron chi connectivity index (χ1n) is 3.90. The van der Waals surface area contributed by atoms with Gasteiger partial charge in [-0.1, -0.05) is 20.7 Å². The summed E-state index contributed by atoms with van der Waals surface area (Å²) in [6.07, 6.45) is 0. The fourth-order valence-electron chi connectivity index (χ4n) is 1.23. The second-order valence-corrected chi connectivity index (χ2v) is 4.94. The maximum atomic E-state index is 11.6. The van der Waals surface area contributed by atoms with Gasteiger partial charge in [-0.15, -0.1) is 0 Å². The third kappa shape index (κ3) is 2.23. The molecule has 0 aliphatic carbocycles. The van der Waals surface area contributed by atoms with E-state index in [1.54, 1.807) is 7.05 Å². The van der Waals surface area contributed by atoms with Crippen LogP contribution in [0.25, 0.3) is 15.9 Å². The van der Waals surface area contributed by atoms with Crippen LogP contribution in [0.1, 0.15) is 6.92 Å². The summed E-state index contributed by atoms with van der Waals surface area (Å²) in [6, 6.07) is 0. The Balaban J connectivity index is 0.00000112. The number of aromatic nitrogens is 1. The van der Waals surface area contributed by atoms with Crippen molar-refractivity contribution in [1.82, 2.24) is 4.57 Å². The van der Waals surface area contributed by atoms with Crippen molar-refractivity contribution in [3.8, 4) is 10.6 Å². The van der Waals surface area contributed by atoms with Crippen molar-refractivity contribution >= 4 is 32.3 Å². The summed E-state index contributed by atoms with van der Waals surface area (Å²) in [5, 5.41) is 5.61. The second-order valence-electron chi connectivity index (χ2n) is 2.86. The van der Waals surface area contributed by atoms with Crippen LogP contribution in [-0.4, -0.2) is 10.5 Å². The molecular formula is C8H7N2O2S2Y-. The molecule has 0 bridgehead atoms. The molecule has 0 atom stereocenters. The van der Waals surface area contributed by atoms with E-state index in [1.165, 1.54) is 32.2 Å². The SMILES string of the molecule is CC(=O)[N-]c1c2sscc-2n(C)c1=O.[Y]. The van der Waals surface area contributed by atoms with Crippen LogP contribution in [0.3, 0.4) is 0 Å². The third-order valence-electron chi connectivity index (χ3n) is 1.88. The maximum absolute atomic E-state index is 11.6. The first-order valence-corrected chi connectivity index (χ1v) is 6.11. The molecule has 1 radical (unpaired) electrons. The largest absolute Gasteiger partial charge is 0.621 e. The van der Waals surface area contributed by atoms with Gasteiger partial charge in [0.15, 0.2) is 0 Å². The second kappa shape index (κ2) is 4.86. The Morgan fingerprint density at radius 2 is 2.20 bits per heavy atom. The van der Waals surface area contributed by atoms with E-state index < -0.39 is 0 Å². The van der Waals surface area contributed by atoms with Gasteiger partial charge in [0.1, 0.15) is 0 Å². The van der Waals surface area contributed by atoms with Gasteiger partial charge in [-0.3, -0.25) is 4.79 Å². The van der Waals surface area contributed by atoms with Gasteiger partial charge in [-0.05, 0) is 12.6 Å². The molecule has 2 rings (SSSR count). The van der Waals surface area contributed by atoms with E-state index in [2.05, 4.69) is 5.32 Å². The van der Waals surface area contributed by atoms with Gasteiger partial charge >= 0.3 is 0 Å². The number of carbonyl (C=O) groups is 1. The number of nitrogens with zero attached hydrogens (tertiary/aromatic N) is 2. The molecule has 2 aliphatic heterocycles. The van der Waals surface area contributed by atoms with Crippen molar-refractivity contribution in [3.63, 3.8) is 0 Å². The molecule has 0 aromatic heterocycles. The number of rotatable bonds is 1. The van der Waals surface area contributed by atoms with Crippen molar-refractivity contribution in [1.29, 1.82) is 0 Å². The normalized spacial score (nSPS) is 10.0. The van der Waals surface area contributed by atoms with Crippen molar-refractivity contribution in [2.75, 3.05) is 0 Å². The molecule has 2 aliphatic rings. The summed E-state index contributed by atoms with van der Waals surface area (Å²) < 4.78 is 1.52. The molecule has 4 nitrogen and oxygen atoms in total. The summed E-state index contributed by atoms with van der Waals surface area (Å²) in [4.78, 5) is 23.2. The standard InChI is InChI=1S/C8H8N2O2S2.Y/c1-4(11)9-6-7-5(3-13-14-7)10(2)8(6)12;/h3H,1-2H3,(H,9,11);/p-1. The molecule has 0 unspecified atom stereocenters. The van der Waals surface area contributed by atoms with Gasteiger partial charge in [0.25, 0.3) is 0 Å². The first kappa shape index (κ1) is 13.0. The van der Waals surface area contributed by atoms with E-state index in [-0.39, 0.29) is 49.9 Å². The van der Waals surface area contributed by atoms with Gasteiger partial charge in [0, 0.05) is 45.1 Å². The minimum atomic E-state index is -0.340. The smallest absolute Gasteiger partial charge is 0.237 e. The summed E-state index contributed by atoms with van der Waals surface area (Å²) in [5.74, 6) is -0.340. The number of amides is 1. The van der Waals surface area contributed by atoms with E-state index in [0.717, 1.165) is 10.6 Å². The van der Waals surface area contributed by atoms with Crippen molar-refractivity contribution in [2.24, 2.45) is 7.05 Å². The maximum Gasteiger partial charge on any atom is 0.237 e. The van der Waals surface area contributed by atoms with Crippen molar-refractivity contribution in [2.45, 2.75) is 6.92 Å². The van der Waals surface area contributed by atoms with Crippen molar-refractivity contribution < 1.29 is 37.5 Å². The molecule has 0 aromatic carbocycles. The molecule has 1 amide bonds. The molecule has 0 N–H and O–H groups in total.